The van der Waals surface area contributed by atoms with E-state index in [1.54, 1.807) is 16.8 Å². The zero-order chi connectivity index (χ0) is 29.1. The van der Waals surface area contributed by atoms with Gasteiger partial charge in [0.15, 0.2) is 0 Å². The molecule has 1 aliphatic carbocycles. The number of hydrogen-bond donors (Lipinski definition) is 0. The molecule has 0 saturated heterocycles. The predicted molar refractivity (Wildman–Crippen MR) is 170 cm³/mol. The zero-order valence-electron chi connectivity index (χ0n) is 24.4. The van der Waals surface area contributed by atoms with Gasteiger partial charge in [-0.1, -0.05) is 106 Å². The Morgan fingerprint density at radius 2 is 1.51 bits per heavy atom. The van der Waals surface area contributed by atoms with Crippen molar-refractivity contribution in [1.82, 2.24) is 0 Å². The van der Waals surface area contributed by atoms with E-state index in [1.807, 2.05) is 30.5 Å². The number of nitrogens with zero attached hydrogens (tertiary/aromatic N) is 3. The van der Waals surface area contributed by atoms with Crippen LogP contribution in [-0.4, -0.2) is 45.9 Å². The van der Waals surface area contributed by atoms with E-state index < -0.39 is 18.3 Å². The summed E-state index contributed by atoms with van der Waals surface area (Å²) in [5.41, 5.74) is 1.11. The van der Waals surface area contributed by atoms with Gasteiger partial charge >= 0.3 is 15.2 Å². The highest BCUT2D eigenvalue weighted by Crippen LogP contribution is 2.41. The number of rotatable bonds is 7. The number of thioether (sulfide) groups is 1. The molecule has 0 atom stereocenters. The van der Waals surface area contributed by atoms with Crippen molar-refractivity contribution in [3.8, 4) is 0 Å². The minimum absolute atomic E-state index is 0.139. The van der Waals surface area contributed by atoms with Crippen LogP contribution >= 0.6 is 11.8 Å². The van der Waals surface area contributed by atoms with Crippen molar-refractivity contribution in [3.05, 3.63) is 90.5 Å². The number of benzene rings is 3. The Morgan fingerprint density at radius 1 is 0.951 bits per heavy atom. The second kappa shape index (κ2) is 12.0. The van der Waals surface area contributed by atoms with E-state index in [2.05, 4.69) is 78.8 Å². The molecule has 1 heterocycles. The highest BCUT2D eigenvalue weighted by molar-refractivity contribution is 8.13. The number of sulfonamides is 1. The average Bonchev–Trinajstić information content (AvgIpc) is 3.62. The van der Waals surface area contributed by atoms with Gasteiger partial charge in [-0.05, 0) is 64.0 Å². The van der Waals surface area contributed by atoms with Gasteiger partial charge in [0.1, 0.15) is 11.4 Å². The van der Waals surface area contributed by atoms with Gasteiger partial charge in [0.05, 0.1) is 17.5 Å². The Bertz CT molecular complexity index is 1470. The Hall–Kier alpha value is -2.59. The van der Waals surface area contributed by atoms with Gasteiger partial charge in [0.25, 0.3) is 8.32 Å². The molecule has 1 aliphatic heterocycles. The lowest BCUT2D eigenvalue weighted by Gasteiger charge is -2.43. The van der Waals surface area contributed by atoms with Crippen molar-refractivity contribution in [2.45, 2.75) is 63.0 Å². The lowest BCUT2D eigenvalue weighted by Crippen LogP contribution is -2.66. The summed E-state index contributed by atoms with van der Waals surface area (Å²) in [6, 6.07) is 28.0. The third kappa shape index (κ3) is 6.14. The fourth-order valence-electron chi connectivity index (χ4n) is 6.28. The summed E-state index contributed by atoms with van der Waals surface area (Å²) in [6.45, 7) is 8.63. The smallest absolute Gasteiger partial charge is 0.393 e. The highest BCUT2D eigenvalue weighted by Gasteiger charge is 2.50. The monoisotopic (exact) mass is 606 g/mol. The minimum atomic E-state index is -3.88. The molecular formula is C32H40N3O3S2Si+. The third-order valence-electron chi connectivity index (χ3n) is 8.42. The zero-order valence-corrected chi connectivity index (χ0v) is 27.0. The molecule has 9 heteroatoms. The molecule has 1 fully saturated rings. The first-order chi connectivity index (χ1) is 19.6. The Labute approximate surface area is 250 Å². The van der Waals surface area contributed by atoms with Gasteiger partial charge in [-0.15, -0.1) is 9.81 Å². The molecule has 216 valence electrons. The molecule has 0 amide bonds. The van der Waals surface area contributed by atoms with Crippen LogP contribution in [0.1, 0.15) is 52.0 Å². The summed E-state index contributed by atoms with van der Waals surface area (Å²) in [4.78, 5) is 0.174. The summed E-state index contributed by atoms with van der Waals surface area (Å²) >= 11 is 1.33. The standard InChI is InChI=1S/C32H40N3O3S2Si/c1-31(2,3)41(28-13-7-5-8-14-28,29-15-9-6-10-16-29)38-23-26-17-19-27(20-18-26)40(36,37)34-30(39-4)35-25-32(24-33-35)21-11-12-22-32/h5-10,13-20H,11-12,21-25H2,1-4H3/q+1/b34-30-. The van der Waals surface area contributed by atoms with Crippen molar-refractivity contribution in [1.29, 1.82) is 0 Å². The summed E-state index contributed by atoms with van der Waals surface area (Å²) in [5.74, 6) is 0. The summed E-state index contributed by atoms with van der Waals surface area (Å²) in [6.07, 6.45) is 6.60. The van der Waals surface area contributed by atoms with Crippen molar-refractivity contribution in [2.24, 2.45) is 14.9 Å². The van der Waals surface area contributed by atoms with Crippen LogP contribution in [0.5, 0.6) is 0 Å². The molecule has 0 aromatic heterocycles. The maximum atomic E-state index is 13.3. The summed E-state index contributed by atoms with van der Waals surface area (Å²) in [5, 5.41) is 7.38. The molecule has 6 nitrogen and oxygen atoms in total. The van der Waals surface area contributed by atoms with Crippen LogP contribution in [0.3, 0.4) is 0 Å². The number of hydrogen-bond acceptors (Lipinski definition) is 5. The maximum Gasteiger partial charge on any atom is 0.393 e. The first-order valence-corrected chi connectivity index (χ1v) is 18.8. The molecule has 0 bridgehead atoms. The van der Waals surface area contributed by atoms with Crippen molar-refractivity contribution in [2.75, 3.05) is 19.3 Å². The quantitative estimate of drug-likeness (QED) is 0.139. The molecule has 41 heavy (non-hydrogen) atoms. The fourth-order valence-corrected chi connectivity index (χ4v) is 12.6. The first kappa shape index (κ1) is 29.9. The molecular weight excluding hydrogens is 567 g/mol. The highest BCUT2D eigenvalue weighted by atomic mass is 32.2. The Morgan fingerprint density at radius 3 is 2.02 bits per heavy atom. The molecule has 2 aliphatic rings. The van der Waals surface area contributed by atoms with E-state index in [0.717, 1.165) is 31.5 Å². The van der Waals surface area contributed by atoms with Gasteiger partial charge in [-0.2, -0.15) is 8.42 Å². The van der Waals surface area contributed by atoms with Gasteiger partial charge in [0, 0.05) is 5.41 Å². The van der Waals surface area contributed by atoms with Crippen molar-refractivity contribution < 1.29 is 17.5 Å². The Balaban J connectivity index is 1.38. The van der Waals surface area contributed by atoms with E-state index in [9.17, 15) is 8.42 Å². The minimum Gasteiger partial charge on any atom is -0.403 e. The van der Waals surface area contributed by atoms with Crippen LogP contribution in [0.2, 0.25) is 5.04 Å². The van der Waals surface area contributed by atoms with Gasteiger partial charge in [0.2, 0.25) is 0 Å². The second-order valence-corrected chi connectivity index (χ2v) is 18.9. The van der Waals surface area contributed by atoms with Gasteiger partial charge in [-0.25, -0.2) is 0 Å². The molecule has 3 aromatic carbocycles. The van der Waals surface area contributed by atoms with E-state index in [1.165, 1.54) is 35.0 Å². The topological polar surface area (TPSA) is 71.1 Å². The average molecular weight is 607 g/mol. The first-order valence-electron chi connectivity index (χ1n) is 14.3. The fraction of sp³-hybridized carbons (Fsp3) is 0.406. The molecule has 1 saturated carbocycles. The number of azo groups is 2. The van der Waals surface area contributed by atoms with E-state index in [0.29, 0.717) is 11.8 Å². The normalized spacial score (nSPS) is 17.7. The van der Waals surface area contributed by atoms with Gasteiger partial charge in [-0.3, -0.25) is 0 Å². The number of amidine groups is 1. The molecule has 1 spiro atoms. The lowest BCUT2D eigenvalue weighted by molar-refractivity contribution is -0.470. The molecule has 3 aromatic rings. The van der Waals surface area contributed by atoms with Crippen LogP contribution in [0.25, 0.3) is 0 Å². The largest absolute Gasteiger partial charge is 0.403 e. The van der Waals surface area contributed by atoms with Crippen LogP contribution in [0, 0.1) is 5.41 Å². The lowest BCUT2D eigenvalue weighted by atomic mass is 9.87. The van der Waals surface area contributed by atoms with Crippen LogP contribution in [0.15, 0.2) is 99.3 Å². The van der Waals surface area contributed by atoms with Crippen molar-refractivity contribution >= 4 is 45.6 Å². The maximum absolute atomic E-state index is 13.3. The molecule has 0 N–H and O–H groups in total. The van der Waals surface area contributed by atoms with Crippen molar-refractivity contribution in [3.63, 3.8) is 0 Å². The van der Waals surface area contributed by atoms with Crippen LogP contribution < -0.4 is 10.4 Å². The summed E-state index contributed by atoms with van der Waals surface area (Å²) in [7, 11) is -6.58. The SMILES string of the molecule is CS/C(=N\S(=O)(=O)c1ccc(CO[Si](c2ccccc2)(c2ccccc2)C(C)(C)C)cc1)[N+]1=NCC2(CCCC2)C1. The third-order valence-corrected chi connectivity index (χ3v) is 15.5. The molecule has 5 rings (SSSR count). The second-order valence-electron chi connectivity index (χ2n) is 12.2. The van der Waals surface area contributed by atoms with E-state index in [4.69, 9.17) is 4.43 Å². The van der Waals surface area contributed by atoms with E-state index in [-0.39, 0.29) is 15.3 Å². The molecule has 0 unspecified atom stereocenters. The van der Waals surface area contributed by atoms with E-state index >= 15 is 0 Å². The Kier molecular flexibility index (Phi) is 8.71. The summed E-state index contributed by atoms with van der Waals surface area (Å²) < 4.78 is 39.7. The van der Waals surface area contributed by atoms with Gasteiger partial charge < -0.3 is 4.43 Å². The van der Waals surface area contributed by atoms with Crippen LogP contribution in [-0.2, 0) is 21.1 Å². The van der Waals surface area contributed by atoms with Crippen LogP contribution in [0.4, 0.5) is 0 Å². The molecule has 0 radical (unpaired) electrons. The predicted octanol–water partition coefficient (Wildman–Crippen LogP) is 6.21.